The van der Waals surface area contributed by atoms with Crippen molar-refractivity contribution in [3.05, 3.63) is 82.6 Å². The predicted molar refractivity (Wildman–Crippen MR) is 125 cm³/mol. The van der Waals surface area contributed by atoms with Gasteiger partial charge in [-0.15, -0.1) is 11.3 Å². The van der Waals surface area contributed by atoms with Crippen molar-refractivity contribution in [1.29, 1.82) is 0 Å². The fraction of sp³-hybridized carbons (Fsp3) is 0.240. The van der Waals surface area contributed by atoms with Crippen molar-refractivity contribution in [3.8, 4) is 0 Å². The van der Waals surface area contributed by atoms with E-state index in [2.05, 4.69) is 9.80 Å². The Labute approximate surface area is 190 Å². The lowest BCUT2D eigenvalue weighted by Gasteiger charge is -2.38. The number of anilines is 2. The summed E-state index contributed by atoms with van der Waals surface area (Å²) in [5, 5.41) is 1.91. The van der Waals surface area contributed by atoms with Crippen LogP contribution in [0.3, 0.4) is 0 Å². The second-order valence-electron chi connectivity index (χ2n) is 8.00. The highest BCUT2D eigenvalue weighted by Crippen LogP contribution is 2.27. The molecule has 32 heavy (non-hydrogen) atoms. The Balaban J connectivity index is 1.21. The minimum Gasteiger partial charge on any atom is -0.369 e. The molecular weight excluding hydrogens is 422 g/mol. The van der Waals surface area contributed by atoms with Crippen molar-refractivity contribution in [2.24, 2.45) is 0 Å². The van der Waals surface area contributed by atoms with E-state index < -0.39 is 6.04 Å². The molecule has 1 unspecified atom stereocenters. The first-order valence-electron chi connectivity index (χ1n) is 10.7. The first-order chi connectivity index (χ1) is 15.6. The van der Waals surface area contributed by atoms with E-state index in [9.17, 15) is 14.4 Å². The third-order valence-electron chi connectivity index (χ3n) is 6.13. The molecule has 3 aromatic rings. The molecule has 2 aromatic carbocycles. The van der Waals surface area contributed by atoms with Gasteiger partial charge in [0.15, 0.2) is 0 Å². The van der Waals surface area contributed by atoms with Crippen molar-refractivity contribution in [1.82, 2.24) is 4.90 Å². The van der Waals surface area contributed by atoms with Crippen LogP contribution in [0.25, 0.3) is 0 Å². The van der Waals surface area contributed by atoms with E-state index in [0.717, 1.165) is 23.7 Å². The largest absolute Gasteiger partial charge is 0.369 e. The smallest absolute Gasteiger partial charge is 0.251 e. The van der Waals surface area contributed by atoms with Gasteiger partial charge in [-0.1, -0.05) is 24.3 Å². The van der Waals surface area contributed by atoms with Crippen molar-refractivity contribution in [3.63, 3.8) is 0 Å². The normalized spacial score (nSPS) is 19.6. The Bertz CT molecular complexity index is 1120. The van der Waals surface area contributed by atoms with Gasteiger partial charge in [-0.2, -0.15) is 0 Å². The standard InChI is InChI=1S/C25H23N3O3S/c29-23-17-21(25(31)28(23)20-5-2-1-3-6-20)27-14-12-26(13-15-27)19-10-8-18(9-11-19)24(30)22-7-4-16-32-22/h1-11,16,21H,12-15,17H2. The summed E-state index contributed by atoms with van der Waals surface area (Å²) in [7, 11) is 0. The average Bonchev–Trinajstić information content (AvgIpc) is 3.48. The number of ketones is 1. The zero-order valence-electron chi connectivity index (χ0n) is 17.5. The number of rotatable bonds is 5. The molecule has 2 fully saturated rings. The van der Waals surface area contributed by atoms with Gasteiger partial charge in [0.05, 0.1) is 23.0 Å². The molecule has 5 rings (SSSR count). The van der Waals surface area contributed by atoms with Crippen LogP contribution in [0.2, 0.25) is 0 Å². The molecule has 2 saturated heterocycles. The van der Waals surface area contributed by atoms with Crippen molar-refractivity contribution in [2.75, 3.05) is 36.0 Å². The van der Waals surface area contributed by atoms with E-state index in [-0.39, 0.29) is 24.0 Å². The Morgan fingerprint density at radius 2 is 1.53 bits per heavy atom. The minimum atomic E-state index is -0.393. The van der Waals surface area contributed by atoms with Gasteiger partial charge >= 0.3 is 0 Å². The molecule has 0 aliphatic carbocycles. The topological polar surface area (TPSA) is 60.9 Å². The van der Waals surface area contributed by atoms with E-state index in [0.29, 0.717) is 24.3 Å². The monoisotopic (exact) mass is 445 g/mol. The van der Waals surface area contributed by atoms with Crippen molar-refractivity contribution >= 4 is 40.3 Å². The van der Waals surface area contributed by atoms with Crippen LogP contribution in [-0.4, -0.2) is 54.7 Å². The summed E-state index contributed by atoms with van der Waals surface area (Å²) in [5.74, 6) is -0.227. The van der Waals surface area contributed by atoms with Gasteiger partial charge in [0.2, 0.25) is 11.7 Å². The lowest BCUT2D eigenvalue weighted by Crippen LogP contribution is -2.52. The number of hydrogen-bond acceptors (Lipinski definition) is 6. The first-order valence-corrected chi connectivity index (χ1v) is 11.6. The molecule has 2 aliphatic rings. The van der Waals surface area contributed by atoms with Crippen LogP contribution >= 0.6 is 11.3 Å². The Kier molecular flexibility index (Phi) is 5.59. The van der Waals surface area contributed by atoms with Crippen LogP contribution in [0.5, 0.6) is 0 Å². The number of hydrogen-bond donors (Lipinski definition) is 0. The maximum Gasteiger partial charge on any atom is 0.251 e. The predicted octanol–water partition coefficient (Wildman–Crippen LogP) is 3.43. The molecule has 0 N–H and O–H groups in total. The number of benzene rings is 2. The van der Waals surface area contributed by atoms with Crippen molar-refractivity contribution < 1.29 is 14.4 Å². The molecule has 0 bridgehead atoms. The molecule has 1 aromatic heterocycles. The minimum absolute atomic E-state index is 0.0451. The van der Waals surface area contributed by atoms with E-state index >= 15 is 0 Å². The molecule has 6 nitrogen and oxygen atoms in total. The van der Waals surface area contributed by atoms with Crippen LogP contribution in [0.4, 0.5) is 11.4 Å². The molecular formula is C25H23N3O3S. The number of carbonyl (C=O) groups excluding carboxylic acids is 3. The second kappa shape index (κ2) is 8.68. The summed E-state index contributed by atoms with van der Waals surface area (Å²) in [6, 6.07) is 20.2. The Morgan fingerprint density at radius 1 is 0.812 bits per heavy atom. The maximum absolute atomic E-state index is 13.0. The van der Waals surface area contributed by atoms with Gasteiger partial charge in [0.1, 0.15) is 0 Å². The number of amides is 2. The summed E-state index contributed by atoms with van der Waals surface area (Å²) < 4.78 is 0. The SMILES string of the molecule is O=C(c1ccc(N2CCN(C3CC(=O)N(c4ccccc4)C3=O)CC2)cc1)c1cccs1. The summed E-state index contributed by atoms with van der Waals surface area (Å²) in [4.78, 5) is 44.5. The molecule has 162 valence electrons. The van der Waals surface area contributed by atoms with E-state index in [1.165, 1.54) is 16.2 Å². The molecule has 3 heterocycles. The highest BCUT2D eigenvalue weighted by atomic mass is 32.1. The molecule has 0 spiro atoms. The highest BCUT2D eigenvalue weighted by molar-refractivity contribution is 7.12. The second-order valence-corrected chi connectivity index (χ2v) is 8.95. The fourth-order valence-electron chi connectivity index (χ4n) is 4.41. The number of thiophene rings is 1. The van der Waals surface area contributed by atoms with Gasteiger partial charge in [0, 0.05) is 37.4 Å². The Hall–Kier alpha value is -3.29. The molecule has 7 heteroatoms. The number of piperazine rings is 1. The number of carbonyl (C=O) groups is 3. The fourth-order valence-corrected chi connectivity index (χ4v) is 5.10. The van der Waals surface area contributed by atoms with E-state index in [1.807, 2.05) is 60.0 Å². The maximum atomic E-state index is 13.0. The highest BCUT2D eigenvalue weighted by Gasteiger charge is 2.43. The van der Waals surface area contributed by atoms with Gasteiger partial charge in [-0.25, -0.2) is 4.90 Å². The summed E-state index contributed by atoms with van der Waals surface area (Å²) >= 11 is 1.45. The van der Waals surface area contributed by atoms with Gasteiger partial charge < -0.3 is 4.90 Å². The number of nitrogens with zero attached hydrogens (tertiary/aromatic N) is 3. The van der Waals surface area contributed by atoms with Gasteiger partial charge in [-0.3, -0.25) is 19.3 Å². The van der Waals surface area contributed by atoms with Gasteiger partial charge in [0.25, 0.3) is 5.91 Å². The van der Waals surface area contributed by atoms with Gasteiger partial charge in [-0.05, 0) is 47.8 Å². The molecule has 2 aliphatic heterocycles. The summed E-state index contributed by atoms with van der Waals surface area (Å²) in [5.41, 5.74) is 2.39. The molecule has 2 amide bonds. The summed E-state index contributed by atoms with van der Waals surface area (Å²) in [6.45, 7) is 2.95. The lowest BCUT2D eigenvalue weighted by molar-refractivity contribution is -0.123. The van der Waals surface area contributed by atoms with Crippen LogP contribution in [-0.2, 0) is 9.59 Å². The molecule has 0 radical (unpaired) electrons. The molecule has 1 atom stereocenters. The zero-order chi connectivity index (χ0) is 22.1. The zero-order valence-corrected chi connectivity index (χ0v) is 18.3. The van der Waals surface area contributed by atoms with Crippen LogP contribution in [0.15, 0.2) is 72.1 Å². The third kappa shape index (κ3) is 3.85. The number of imide groups is 1. The van der Waals surface area contributed by atoms with E-state index in [4.69, 9.17) is 0 Å². The quantitative estimate of drug-likeness (QED) is 0.445. The Morgan fingerprint density at radius 3 is 2.19 bits per heavy atom. The van der Waals surface area contributed by atoms with Crippen LogP contribution < -0.4 is 9.80 Å². The average molecular weight is 446 g/mol. The number of para-hydroxylation sites is 1. The molecule has 0 saturated carbocycles. The third-order valence-corrected chi connectivity index (χ3v) is 7.00. The van der Waals surface area contributed by atoms with E-state index in [1.54, 1.807) is 12.1 Å². The van der Waals surface area contributed by atoms with Crippen LogP contribution in [0.1, 0.15) is 21.7 Å². The first kappa shape index (κ1) is 20.6. The lowest BCUT2D eigenvalue weighted by atomic mass is 10.1. The summed E-state index contributed by atoms with van der Waals surface area (Å²) in [6.07, 6.45) is 0.229. The van der Waals surface area contributed by atoms with Crippen LogP contribution in [0, 0.1) is 0 Å². The van der Waals surface area contributed by atoms with Crippen molar-refractivity contribution in [2.45, 2.75) is 12.5 Å².